The molecule has 1 heterocycles. The number of hydrazine groups is 1. The quantitative estimate of drug-likeness (QED) is 0.708. The minimum Gasteiger partial charge on any atom is -0.497 e. The Kier molecular flexibility index (Phi) is 4.81. The Morgan fingerprint density at radius 2 is 1.68 bits per heavy atom. The summed E-state index contributed by atoms with van der Waals surface area (Å²) in [7, 11) is 1.58. The first kappa shape index (κ1) is 16.7. The summed E-state index contributed by atoms with van der Waals surface area (Å²) in [5.41, 5.74) is 5.90. The summed E-state index contributed by atoms with van der Waals surface area (Å²) in [5.74, 6) is -0.252. The molecule has 3 rings (SSSR count). The highest BCUT2D eigenvalue weighted by atomic mass is 35.5. The van der Waals surface area contributed by atoms with Crippen molar-refractivity contribution in [1.29, 1.82) is 0 Å². The van der Waals surface area contributed by atoms with E-state index in [2.05, 4.69) is 15.8 Å². The fourth-order valence-corrected chi connectivity index (χ4v) is 2.33. The maximum absolute atomic E-state index is 12.2. The summed E-state index contributed by atoms with van der Waals surface area (Å²) in [4.78, 5) is 28.4. The number of rotatable bonds is 3. The Hall–Kier alpha value is -3.12. The number of methoxy groups -OCH3 is 1. The van der Waals surface area contributed by atoms with Crippen LogP contribution in [0.4, 0.5) is 0 Å². The molecule has 0 atom stereocenters. The average molecular weight is 356 g/mol. The largest absolute Gasteiger partial charge is 0.497 e. The van der Waals surface area contributed by atoms with Crippen LogP contribution in [0.15, 0.2) is 54.6 Å². The number of ether oxygens (including phenoxy) is 1. The summed E-state index contributed by atoms with van der Waals surface area (Å²) >= 11 is 5.77. The number of hydrogen-bond acceptors (Lipinski definition) is 4. The van der Waals surface area contributed by atoms with Gasteiger partial charge in [-0.3, -0.25) is 20.4 Å². The standard InChI is InChI=1S/C18H14ClN3O3/c1-25-14-7-9-15-12(10-14)4-8-16(20-15)18(24)22-21-17(23)11-2-5-13(19)6-3-11/h2-10H,1H3,(H,21,23)(H,22,24). The number of hydrogen-bond donors (Lipinski definition) is 2. The number of carbonyl (C=O) groups is 2. The maximum Gasteiger partial charge on any atom is 0.288 e. The third-order valence-electron chi connectivity index (χ3n) is 3.52. The van der Waals surface area contributed by atoms with E-state index in [1.54, 1.807) is 55.6 Å². The Balaban J connectivity index is 1.69. The lowest BCUT2D eigenvalue weighted by Crippen LogP contribution is -2.41. The molecule has 0 radical (unpaired) electrons. The minimum absolute atomic E-state index is 0.189. The molecule has 0 unspecified atom stereocenters. The number of aromatic nitrogens is 1. The van der Waals surface area contributed by atoms with E-state index in [0.29, 0.717) is 21.9 Å². The second-order valence-electron chi connectivity index (χ2n) is 5.17. The molecule has 3 aromatic rings. The van der Waals surface area contributed by atoms with Crippen molar-refractivity contribution in [1.82, 2.24) is 15.8 Å². The predicted octanol–water partition coefficient (Wildman–Crippen LogP) is 2.97. The molecule has 25 heavy (non-hydrogen) atoms. The van der Waals surface area contributed by atoms with Crippen LogP contribution >= 0.6 is 11.6 Å². The lowest BCUT2D eigenvalue weighted by molar-refractivity contribution is 0.0844. The van der Waals surface area contributed by atoms with Gasteiger partial charge in [0, 0.05) is 16.0 Å². The zero-order chi connectivity index (χ0) is 17.8. The Bertz CT molecular complexity index is 942. The van der Waals surface area contributed by atoms with E-state index in [4.69, 9.17) is 16.3 Å². The number of benzene rings is 2. The second kappa shape index (κ2) is 7.19. The molecule has 0 saturated heterocycles. The molecule has 2 aromatic carbocycles. The normalized spacial score (nSPS) is 10.3. The molecule has 0 fully saturated rings. The fraction of sp³-hybridized carbons (Fsp3) is 0.0556. The monoisotopic (exact) mass is 355 g/mol. The highest BCUT2D eigenvalue weighted by molar-refractivity contribution is 6.30. The molecule has 0 bridgehead atoms. The van der Waals surface area contributed by atoms with E-state index < -0.39 is 11.8 Å². The molecule has 1 aromatic heterocycles. The molecule has 2 amide bonds. The highest BCUT2D eigenvalue weighted by Crippen LogP contribution is 2.19. The van der Waals surface area contributed by atoms with Crippen molar-refractivity contribution >= 4 is 34.3 Å². The number of amides is 2. The molecular weight excluding hydrogens is 342 g/mol. The summed E-state index contributed by atoms with van der Waals surface area (Å²) in [6, 6.07) is 15.0. The first-order valence-electron chi connectivity index (χ1n) is 7.38. The van der Waals surface area contributed by atoms with Gasteiger partial charge in [0.25, 0.3) is 11.8 Å². The van der Waals surface area contributed by atoms with Gasteiger partial charge in [0.1, 0.15) is 11.4 Å². The topological polar surface area (TPSA) is 80.3 Å². The zero-order valence-electron chi connectivity index (χ0n) is 13.2. The van der Waals surface area contributed by atoms with Crippen molar-refractivity contribution in [3.8, 4) is 5.75 Å². The van der Waals surface area contributed by atoms with Crippen molar-refractivity contribution < 1.29 is 14.3 Å². The number of halogens is 1. The summed E-state index contributed by atoms with van der Waals surface area (Å²) < 4.78 is 5.15. The predicted molar refractivity (Wildman–Crippen MR) is 94.7 cm³/mol. The van der Waals surface area contributed by atoms with E-state index in [9.17, 15) is 9.59 Å². The first-order chi connectivity index (χ1) is 12.1. The number of carbonyl (C=O) groups excluding carboxylic acids is 2. The van der Waals surface area contributed by atoms with Gasteiger partial charge >= 0.3 is 0 Å². The van der Waals surface area contributed by atoms with Crippen LogP contribution in [0.5, 0.6) is 5.75 Å². The molecular formula is C18H14ClN3O3. The van der Waals surface area contributed by atoms with Crippen molar-refractivity contribution in [3.63, 3.8) is 0 Å². The van der Waals surface area contributed by atoms with Gasteiger partial charge in [-0.2, -0.15) is 0 Å². The van der Waals surface area contributed by atoms with Gasteiger partial charge in [-0.05, 0) is 48.5 Å². The van der Waals surface area contributed by atoms with Crippen LogP contribution in [0.3, 0.4) is 0 Å². The van der Waals surface area contributed by atoms with Crippen molar-refractivity contribution in [2.45, 2.75) is 0 Å². The summed E-state index contributed by atoms with van der Waals surface area (Å²) in [5, 5.41) is 1.37. The van der Waals surface area contributed by atoms with Gasteiger partial charge in [-0.15, -0.1) is 0 Å². The summed E-state index contributed by atoms with van der Waals surface area (Å²) in [6.45, 7) is 0. The van der Waals surface area contributed by atoms with Gasteiger partial charge in [-0.1, -0.05) is 17.7 Å². The van der Waals surface area contributed by atoms with E-state index in [0.717, 1.165) is 5.39 Å². The smallest absolute Gasteiger partial charge is 0.288 e. The lowest BCUT2D eigenvalue weighted by Gasteiger charge is -2.08. The van der Waals surface area contributed by atoms with Crippen LogP contribution < -0.4 is 15.6 Å². The van der Waals surface area contributed by atoms with Crippen LogP contribution in [0.2, 0.25) is 5.02 Å². The Morgan fingerprint density at radius 1 is 0.960 bits per heavy atom. The van der Waals surface area contributed by atoms with Gasteiger partial charge < -0.3 is 4.74 Å². The maximum atomic E-state index is 12.2. The molecule has 7 heteroatoms. The van der Waals surface area contributed by atoms with Gasteiger partial charge in [0.15, 0.2) is 0 Å². The fourth-order valence-electron chi connectivity index (χ4n) is 2.21. The third-order valence-corrected chi connectivity index (χ3v) is 3.78. The summed E-state index contributed by atoms with van der Waals surface area (Å²) in [6.07, 6.45) is 0. The van der Waals surface area contributed by atoms with Gasteiger partial charge in [0.2, 0.25) is 0 Å². The van der Waals surface area contributed by atoms with E-state index in [-0.39, 0.29) is 5.69 Å². The van der Waals surface area contributed by atoms with Crippen LogP contribution in [-0.2, 0) is 0 Å². The second-order valence-corrected chi connectivity index (χ2v) is 5.61. The zero-order valence-corrected chi connectivity index (χ0v) is 14.0. The minimum atomic E-state index is -0.514. The number of nitrogens with zero attached hydrogens (tertiary/aromatic N) is 1. The first-order valence-corrected chi connectivity index (χ1v) is 7.75. The van der Waals surface area contributed by atoms with Crippen LogP contribution in [0.25, 0.3) is 10.9 Å². The van der Waals surface area contributed by atoms with Gasteiger partial charge in [-0.25, -0.2) is 4.98 Å². The van der Waals surface area contributed by atoms with Gasteiger partial charge in [0.05, 0.1) is 12.6 Å². The Morgan fingerprint density at radius 3 is 2.40 bits per heavy atom. The van der Waals surface area contributed by atoms with Crippen molar-refractivity contribution in [2.24, 2.45) is 0 Å². The molecule has 126 valence electrons. The molecule has 0 aliphatic rings. The average Bonchev–Trinajstić information content (AvgIpc) is 2.65. The number of pyridine rings is 1. The van der Waals surface area contributed by atoms with Crippen LogP contribution in [0, 0.1) is 0 Å². The Labute approximate surface area is 148 Å². The molecule has 0 saturated carbocycles. The SMILES string of the molecule is COc1ccc2nc(C(=O)NNC(=O)c3ccc(Cl)cc3)ccc2c1. The van der Waals surface area contributed by atoms with E-state index in [1.807, 2.05) is 6.07 Å². The van der Waals surface area contributed by atoms with E-state index >= 15 is 0 Å². The third kappa shape index (κ3) is 3.87. The van der Waals surface area contributed by atoms with Crippen LogP contribution in [0.1, 0.15) is 20.8 Å². The van der Waals surface area contributed by atoms with Crippen LogP contribution in [-0.4, -0.2) is 23.9 Å². The lowest BCUT2D eigenvalue weighted by atomic mass is 10.2. The van der Waals surface area contributed by atoms with Crippen molar-refractivity contribution in [2.75, 3.05) is 7.11 Å². The molecule has 0 spiro atoms. The number of nitrogens with one attached hydrogen (secondary N) is 2. The molecule has 6 nitrogen and oxygen atoms in total. The highest BCUT2D eigenvalue weighted by Gasteiger charge is 2.11. The molecule has 0 aliphatic carbocycles. The number of fused-ring (bicyclic) bond motifs is 1. The van der Waals surface area contributed by atoms with E-state index in [1.165, 1.54) is 0 Å². The van der Waals surface area contributed by atoms with Crippen molar-refractivity contribution in [3.05, 3.63) is 70.9 Å². The molecule has 0 aliphatic heterocycles. The molecule has 2 N–H and O–H groups in total.